The number of ether oxygens (including phenoxy) is 1. The molecule has 0 heterocycles. The first-order valence-corrected chi connectivity index (χ1v) is 8.59. The lowest BCUT2D eigenvalue weighted by atomic mass is 10.0. The number of hydrogen-bond donors (Lipinski definition) is 0. The molecular weight excluding hydrogens is 244 g/mol. The van der Waals surface area contributed by atoms with Gasteiger partial charge in [-0.05, 0) is 30.9 Å². The van der Waals surface area contributed by atoms with E-state index in [0.29, 0.717) is 0 Å². The first-order chi connectivity index (χ1) is 9.88. The molecule has 1 rings (SSSR count). The van der Waals surface area contributed by atoms with Gasteiger partial charge in [-0.2, -0.15) is 0 Å². The Kier molecular flexibility index (Phi) is 10.1. The van der Waals surface area contributed by atoms with Crippen LogP contribution in [0.1, 0.15) is 77.2 Å². The molecule has 1 aromatic rings. The van der Waals surface area contributed by atoms with Crippen LogP contribution in [0.15, 0.2) is 24.3 Å². The maximum Gasteiger partial charge on any atom is 0.122 e. The van der Waals surface area contributed by atoms with E-state index in [4.69, 9.17) is 4.74 Å². The summed E-state index contributed by atoms with van der Waals surface area (Å²) in [5.41, 5.74) is 1.39. The number of hydrogen-bond acceptors (Lipinski definition) is 1. The minimum Gasteiger partial charge on any atom is -0.493 e. The summed E-state index contributed by atoms with van der Waals surface area (Å²) in [6.07, 6.45) is 13.1. The van der Waals surface area contributed by atoms with E-state index in [1.54, 1.807) is 0 Å². The number of unbranched alkanes of at least 4 members (excludes halogenated alkanes) is 7. The van der Waals surface area contributed by atoms with Crippen LogP contribution in [0.2, 0.25) is 0 Å². The molecule has 1 aromatic carbocycles. The van der Waals surface area contributed by atoms with Gasteiger partial charge in [0, 0.05) is 0 Å². The minimum absolute atomic E-state index is 0.852. The quantitative estimate of drug-likeness (QED) is 0.415. The molecule has 0 unspecified atom stereocenters. The Balaban J connectivity index is 2.21. The Morgan fingerprint density at radius 2 is 1.40 bits per heavy atom. The third-order valence-corrected chi connectivity index (χ3v) is 3.78. The highest BCUT2D eigenvalue weighted by atomic mass is 16.5. The van der Waals surface area contributed by atoms with Crippen LogP contribution in [0, 0.1) is 0 Å². The van der Waals surface area contributed by atoms with Crippen LogP contribution in [-0.2, 0) is 6.42 Å². The van der Waals surface area contributed by atoms with Crippen molar-refractivity contribution in [3.8, 4) is 5.75 Å². The van der Waals surface area contributed by atoms with Crippen LogP contribution in [-0.4, -0.2) is 6.61 Å². The Bertz CT molecular complexity index is 332. The fourth-order valence-electron chi connectivity index (χ4n) is 2.45. The zero-order chi connectivity index (χ0) is 14.5. The van der Waals surface area contributed by atoms with Crippen molar-refractivity contribution in [1.29, 1.82) is 0 Å². The molecule has 0 saturated carbocycles. The number of para-hydroxylation sites is 1. The van der Waals surface area contributed by atoms with Crippen LogP contribution in [0.25, 0.3) is 0 Å². The van der Waals surface area contributed by atoms with E-state index < -0.39 is 0 Å². The summed E-state index contributed by atoms with van der Waals surface area (Å²) in [6.45, 7) is 5.33. The van der Waals surface area contributed by atoms with Crippen LogP contribution in [0.5, 0.6) is 5.75 Å². The molecule has 0 aliphatic carbocycles. The average Bonchev–Trinajstić information content (AvgIpc) is 2.48. The van der Waals surface area contributed by atoms with Gasteiger partial charge in [0.05, 0.1) is 6.61 Å². The lowest BCUT2D eigenvalue weighted by Gasteiger charge is -2.11. The van der Waals surface area contributed by atoms with Gasteiger partial charge in [-0.3, -0.25) is 0 Å². The Hall–Kier alpha value is -0.980. The first kappa shape index (κ1) is 17.1. The molecule has 1 heteroatoms. The monoisotopic (exact) mass is 276 g/mol. The molecule has 20 heavy (non-hydrogen) atoms. The van der Waals surface area contributed by atoms with E-state index in [9.17, 15) is 0 Å². The zero-order valence-electron chi connectivity index (χ0n) is 13.5. The highest BCUT2D eigenvalue weighted by Crippen LogP contribution is 2.21. The van der Waals surface area contributed by atoms with Gasteiger partial charge in [0.1, 0.15) is 5.75 Å². The van der Waals surface area contributed by atoms with E-state index in [-0.39, 0.29) is 0 Å². The molecule has 0 N–H and O–H groups in total. The molecule has 0 aliphatic rings. The summed E-state index contributed by atoms with van der Waals surface area (Å²) in [5, 5.41) is 0. The normalized spacial score (nSPS) is 10.7. The molecule has 0 spiro atoms. The predicted molar refractivity (Wildman–Crippen MR) is 88.5 cm³/mol. The van der Waals surface area contributed by atoms with Crippen molar-refractivity contribution in [2.75, 3.05) is 6.61 Å². The molecule has 0 saturated heterocycles. The molecular formula is C19H32O. The molecule has 0 aromatic heterocycles. The summed E-state index contributed by atoms with van der Waals surface area (Å²) < 4.78 is 5.89. The average molecular weight is 276 g/mol. The van der Waals surface area contributed by atoms with Crippen molar-refractivity contribution in [3.63, 3.8) is 0 Å². The molecule has 114 valence electrons. The minimum atomic E-state index is 0.852. The smallest absolute Gasteiger partial charge is 0.122 e. The fourth-order valence-corrected chi connectivity index (χ4v) is 2.45. The van der Waals surface area contributed by atoms with Crippen LogP contribution in [0.3, 0.4) is 0 Å². The summed E-state index contributed by atoms with van der Waals surface area (Å²) in [7, 11) is 0. The molecule has 0 bridgehead atoms. The topological polar surface area (TPSA) is 9.23 Å². The van der Waals surface area contributed by atoms with Gasteiger partial charge in [-0.1, -0.05) is 77.0 Å². The van der Waals surface area contributed by atoms with Crippen molar-refractivity contribution in [2.45, 2.75) is 78.1 Å². The second kappa shape index (κ2) is 11.8. The molecule has 0 amide bonds. The van der Waals surface area contributed by atoms with Crippen LogP contribution in [0.4, 0.5) is 0 Å². The number of benzene rings is 1. The van der Waals surface area contributed by atoms with Gasteiger partial charge in [-0.25, -0.2) is 0 Å². The zero-order valence-corrected chi connectivity index (χ0v) is 13.5. The van der Waals surface area contributed by atoms with Crippen molar-refractivity contribution in [3.05, 3.63) is 29.8 Å². The van der Waals surface area contributed by atoms with Gasteiger partial charge in [0.15, 0.2) is 0 Å². The second-order valence-corrected chi connectivity index (χ2v) is 5.68. The van der Waals surface area contributed by atoms with Crippen LogP contribution < -0.4 is 4.74 Å². The predicted octanol–water partition coefficient (Wildman–Crippen LogP) is 6.16. The molecule has 0 atom stereocenters. The van der Waals surface area contributed by atoms with Gasteiger partial charge in [0.2, 0.25) is 0 Å². The van der Waals surface area contributed by atoms with Crippen molar-refractivity contribution >= 4 is 0 Å². The summed E-state index contributed by atoms with van der Waals surface area (Å²) >= 11 is 0. The van der Waals surface area contributed by atoms with E-state index in [1.807, 2.05) is 0 Å². The summed E-state index contributed by atoms with van der Waals surface area (Å²) in [6, 6.07) is 8.55. The standard InChI is InChI=1S/C19H32O/c1-3-5-7-8-9-10-11-14-18-15-12-13-16-19(18)20-17-6-4-2/h12-13,15-16H,3-11,14,17H2,1-2H3. The van der Waals surface area contributed by atoms with E-state index in [2.05, 4.69) is 38.1 Å². The van der Waals surface area contributed by atoms with Gasteiger partial charge < -0.3 is 4.74 Å². The van der Waals surface area contributed by atoms with E-state index in [0.717, 1.165) is 25.2 Å². The lowest BCUT2D eigenvalue weighted by molar-refractivity contribution is 0.306. The third-order valence-electron chi connectivity index (χ3n) is 3.78. The Morgan fingerprint density at radius 1 is 0.750 bits per heavy atom. The van der Waals surface area contributed by atoms with Crippen molar-refractivity contribution in [1.82, 2.24) is 0 Å². The maximum absolute atomic E-state index is 5.89. The van der Waals surface area contributed by atoms with Crippen molar-refractivity contribution in [2.24, 2.45) is 0 Å². The summed E-state index contributed by atoms with van der Waals surface area (Å²) in [4.78, 5) is 0. The molecule has 1 nitrogen and oxygen atoms in total. The van der Waals surface area contributed by atoms with E-state index in [1.165, 1.54) is 56.9 Å². The van der Waals surface area contributed by atoms with Gasteiger partial charge in [0.25, 0.3) is 0 Å². The SMILES string of the molecule is CCCCCCCCCc1ccccc1OCCCC. The maximum atomic E-state index is 5.89. The highest BCUT2D eigenvalue weighted by Gasteiger charge is 2.02. The van der Waals surface area contributed by atoms with E-state index >= 15 is 0 Å². The fraction of sp³-hybridized carbons (Fsp3) is 0.684. The first-order valence-electron chi connectivity index (χ1n) is 8.59. The Labute approximate surface area is 125 Å². The van der Waals surface area contributed by atoms with Crippen molar-refractivity contribution < 1.29 is 4.74 Å². The Morgan fingerprint density at radius 3 is 2.15 bits per heavy atom. The lowest BCUT2D eigenvalue weighted by Crippen LogP contribution is -1.99. The van der Waals surface area contributed by atoms with Gasteiger partial charge >= 0.3 is 0 Å². The van der Waals surface area contributed by atoms with Crippen LogP contribution >= 0.6 is 0 Å². The number of rotatable bonds is 12. The molecule has 0 aliphatic heterocycles. The third kappa shape index (κ3) is 7.57. The molecule has 0 radical (unpaired) electrons. The largest absolute Gasteiger partial charge is 0.493 e. The molecule has 0 fully saturated rings. The number of aryl methyl sites for hydroxylation is 1. The second-order valence-electron chi connectivity index (χ2n) is 5.68. The van der Waals surface area contributed by atoms with Gasteiger partial charge in [-0.15, -0.1) is 0 Å². The highest BCUT2D eigenvalue weighted by molar-refractivity contribution is 5.33. The summed E-state index contributed by atoms with van der Waals surface area (Å²) in [5.74, 6) is 1.10.